The first-order chi connectivity index (χ1) is 22.1. The van der Waals surface area contributed by atoms with Crippen molar-refractivity contribution in [1.82, 2.24) is 25.0 Å². The zero-order valence-electron chi connectivity index (χ0n) is 27.5. The molecule has 3 fully saturated rings. The fourth-order valence-corrected chi connectivity index (χ4v) is 9.68. The van der Waals surface area contributed by atoms with E-state index in [1.54, 1.807) is 18.7 Å². The number of carbonyl (C=O) groups excluding carboxylic acids is 3. The molecule has 0 saturated carbocycles. The number of H-pyrrole nitrogens is 1. The molecule has 14 heteroatoms. The molecule has 1 aliphatic carbocycles. The monoisotopic (exact) mass is 731 g/mol. The Labute approximate surface area is 283 Å². The molecule has 254 valence electrons. The Balaban J connectivity index is 1.30. The van der Waals surface area contributed by atoms with Gasteiger partial charge >= 0.3 is 0 Å². The van der Waals surface area contributed by atoms with Crippen LogP contribution in [0.25, 0.3) is 16.5 Å². The number of rotatable bonds is 7. The van der Waals surface area contributed by atoms with Crippen molar-refractivity contribution in [3.63, 3.8) is 0 Å². The maximum Gasteiger partial charge on any atom is 0.294 e. The summed E-state index contributed by atoms with van der Waals surface area (Å²) in [6, 6.07) is 4.29. The number of nitrogens with one attached hydrogen (secondary N) is 2. The van der Waals surface area contributed by atoms with Crippen LogP contribution in [0.3, 0.4) is 0 Å². The molecule has 12 nitrogen and oxygen atoms in total. The Morgan fingerprint density at radius 1 is 1.23 bits per heavy atom. The number of aromatic amines is 1. The highest BCUT2D eigenvalue weighted by molar-refractivity contribution is 9.10. The molecule has 3 saturated heterocycles. The lowest BCUT2D eigenvalue weighted by atomic mass is 9.79. The van der Waals surface area contributed by atoms with Gasteiger partial charge in [-0.1, -0.05) is 45.9 Å². The first-order valence-corrected chi connectivity index (χ1v) is 19.0. The molecule has 5 heterocycles. The van der Waals surface area contributed by atoms with E-state index in [1.165, 1.54) is 10.5 Å². The predicted molar refractivity (Wildman–Crippen MR) is 178 cm³/mol. The second kappa shape index (κ2) is 11.1. The van der Waals surface area contributed by atoms with Crippen LogP contribution in [-0.2, 0) is 39.8 Å². The van der Waals surface area contributed by atoms with Crippen LogP contribution >= 0.6 is 15.9 Å². The van der Waals surface area contributed by atoms with Gasteiger partial charge in [-0.2, -0.15) is 8.42 Å². The number of likely N-dealkylation sites (N-methyl/N-ethyl adjacent to an activating group) is 1. The van der Waals surface area contributed by atoms with E-state index < -0.39 is 57.5 Å². The first kappa shape index (κ1) is 32.8. The summed E-state index contributed by atoms with van der Waals surface area (Å²) < 4.78 is 39.2. The Hall–Kier alpha value is -2.78. The molecule has 4 aliphatic heterocycles. The van der Waals surface area contributed by atoms with Gasteiger partial charge in [-0.3, -0.25) is 28.9 Å². The number of halogens is 1. The Bertz CT molecular complexity index is 1820. The predicted octanol–water partition coefficient (Wildman–Crippen LogP) is 3.18. The summed E-state index contributed by atoms with van der Waals surface area (Å²) >= 11 is 3.69. The number of hydrogen-bond donors (Lipinski definition) is 2. The third-order valence-corrected chi connectivity index (χ3v) is 11.7. The van der Waals surface area contributed by atoms with Crippen molar-refractivity contribution >= 4 is 60.2 Å². The Kier molecular flexibility index (Phi) is 7.75. The average molecular weight is 733 g/mol. The molecular weight excluding hydrogens is 690 g/mol. The van der Waals surface area contributed by atoms with Gasteiger partial charge in [0.2, 0.25) is 17.5 Å². The second-order valence-corrected chi connectivity index (χ2v) is 16.8. The highest BCUT2D eigenvalue weighted by Crippen LogP contribution is 2.51. The van der Waals surface area contributed by atoms with E-state index in [0.717, 1.165) is 39.3 Å². The molecule has 2 N–H and O–H groups in total. The van der Waals surface area contributed by atoms with E-state index in [9.17, 15) is 22.8 Å². The van der Waals surface area contributed by atoms with Gasteiger partial charge in [0.1, 0.15) is 12.1 Å². The van der Waals surface area contributed by atoms with Gasteiger partial charge < -0.3 is 15.2 Å². The number of aromatic nitrogens is 1. The third-order valence-electron chi connectivity index (χ3n) is 10.5. The molecule has 6 atom stereocenters. The summed E-state index contributed by atoms with van der Waals surface area (Å²) in [5.74, 6) is -4.76. The van der Waals surface area contributed by atoms with Crippen LogP contribution in [0.4, 0.5) is 0 Å². The van der Waals surface area contributed by atoms with Gasteiger partial charge in [-0.25, -0.2) is 4.18 Å². The third kappa shape index (κ3) is 4.92. The molecule has 2 aromatic rings. The fraction of sp³-hybridized carbons (Fsp3) is 0.606. The smallest absolute Gasteiger partial charge is 0.294 e. The van der Waals surface area contributed by atoms with Crippen LogP contribution in [-0.4, -0.2) is 102 Å². The van der Waals surface area contributed by atoms with E-state index in [0.29, 0.717) is 25.9 Å². The zero-order valence-corrected chi connectivity index (χ0v) is 29.9. The van der Waals surface area contributed by atoms with Crippen molar-refractivity contribution in [2.45, 2.75) is 83.1 Å². The number of benzene rings is 1. The van der Waals surface area contributed by atoms with Crippen LogP contribution in [0.5, 0.6) is 0 Å². The van der Waals surface area contributed by atoms with Gasteiger partial charge in [0.05, 0.1) is 16.8 Å². The number of hydrogen-bond acceptors (Lipinski definition) is 8. The van der Waals surface area contributed by atoms with Crippen LogP contribution in [0.1, 0.15) is 58.1 Å². The summed E-state index contributed by atoms with van der Waals surface area (Å²) in [5, 5.41) is 4.10. The van der Waals surface area contributed by atoms with Crippen molar-refractivity contribution in [1.29, 1.82) is 0 Å². The number of carbonyl (C=O) groups is 3. The van der Waals surface area contributed by atoms with Crippen molar-refractivity contribution in [2.75, 3.05) is 26.4 Å². The molecule has 47 heavy (non-hydrogen) atoms. The first-order valence-electron chi connectivity index (χ1n) is 16.4. The lowest BCUT2D eigenvalue weighted by molar-refractivity contribution is -0.305. The molecule has 3 amide bonds. The Morgan fingerprint density at radius 3 is 2.66 bits per heavy atom. The van der Waals surface area contributed by atoms with Gasteiger partial charge in [0.15, 0.2) is 0 Å². The molecule has 1 unspecified atom stereocenters. The van der Waals surface area contributed by atoms with Crippen LogP contribution in [0, 0.1) is 17.8 Å². The van der Waals surface area contributed by atoms with Gasteiger partial charge in [-0.15, -0.1) is 0 Å². The molecular formula is C33H42BrN5O7S. The number of fused-ring (bicyclic) bond motifs is 5. The number of piperazine rings is 1. The molecule has 1 aromatic heterocycles. The summed E-state index contributed by atoms with van der Waals surface area (Å²) in [6.07, 6.45) is 4.93. The van der Waals surface area contributed by atoms with Crippen molar-refractivity contribution in [3.05, 3.63) is 40.0 Å². The van der Waals surface area contributed by atoms with Crippen LogP contribution < -0.4 is 5.32 Å². The number of amides is 3. The van der Waals surface area contributed by atoms with E-state index >= 15 is 0 Å². The average Bonchev–Trinajstić information content (AvgIpc) is 3.66. The minimum absolute atomic E-state index is 0.00561. The standard InChI is InChI=1S/C33H42BrN5O7S/c1-17(2)13-25-30(41)38-12-8-11-26(38)33(46-47(6,43)44)39(25)31(42)32(45-33,18(3)4)36-29(40)19-14-21-20-9-7-10-23-27(20)22(28(34)35-23)15-24(21)37(5)16-19/h7,9-10,14,17-19,24-26,35H,8,11-13,15-16H2,1-6H3,(H,36,40)/t19-,24-,25?,26+,32-,33-/m1/s1. The van der Waals surface area contributed by atoms with E-state index in [2.05, 4.69) is 37.2 Å². The zero-order chi connectivity index (χ0) is 33.8. The minimum Gasteiger partial charge on any atom is -0.349 e. The second-order valence-electron chi connectivity index (χ2n) is 14.4. The lowest BCUT2D eigenvalue weighted by Gasteiger charge is -2.50. The maximum atomic E-state index is 14.8. The molecule has 1 aromatic carbocycles. The van der Waals surface area contributed by atoms with Crippen molar-refractivity contribution in [2.24, 2.45) is 17.8 Å². The summed E-state index contributed by atoms with van der Waals surface area (Å²) in [7, 11) is -2.21. The van der Waals surface area contributed by atoms with E-state index in [-0.39, 0.29) is 24.3 Å². The summed E-state index contributed by atoms with van der Waals surface area (Å²) in [6.45, 7) is 8.14. The lowest BCUT2D eigenvalue weighted by Crippen LogP contribution is -2.72. The van der Waals surface area contributed by atoms with Crippen LogP contribution in [0.2, 0.25) is 0 Å². The highest BCUT2D eigenvalue weighted by Gasteiger charge is 2.74. The van der Waals surface area contributed by atoms with Crippen molar-refractivity contribution < 1.29 is 31.7 Å². The molecule has 5 aliphatic rings. The normalized spacial score (nSPS) is 32.2. The summed E-state index contributed by atoms with van der Waals surface area (Å²) in [4.78, 5) is 51.5. The number of ether oxygens (including phenoxy) is 1. The van der Waals surface area contributed by atoms with Crippen LogP contribution in [0.15, 0.2) is 28.9 Å². The largest absolute Gasteiger partial charge is 0.349 e. The maximum absolute atomic E-state index is 14.8. The summed E-state index contributed by atoms with van der Waals surface area (Å²) in [5.41, 5.74) is 2.34. The molecule has 0 radical (unpaired) electrons. The SMILES string of the molecule is CC(C)CC1C(=O)N2CCC[C@H]2[C@]2(OS(C)(=O)=O)O[C@](NC(=O)[C@@H]3C=C4c5cccc6[nH]c(Br)c(c56)C[C@H]4N(C)C3)(C(C)C)C(=O)N12. The van der Waals surface area contributed by atoms with Gasteiger partial charge in [0, 0.05) is 36.0 Å². The highest BCUT2D eigenvalue weighted by atomic mass is 79.9. The molecule has 0 bridgehead atoms. The van der Waals surface area contributed by atoms with E-state index in [4.69, 9.17) is 8.92 Å². The quantitative estimate of drug-likeness (QED) is 0.414. The Morgan fingerprint density at radius 2 is 1.98 bits per heavy atom. The van der Waals surface area contributed by atoms with Gasteiger partial charge in [0.25, 0.3) is 21.9 Å². The van der Waals surface area contributed by atoms with Crippen molar-refractivity contribution in [3.8, 4) is 0 Å². The molecule has 0 spiro atoms. The number of nitrogens with zero attached hydrogens (tertiary/aromatic N) is 3. The van der Waals surface area contributed by atoms with Gasteiger partial charge in [-0.05, 0) is 77.3 Å². The fourth-order valence-electron chi connectivity index (χ4n) is 8.45. The topological polar surface area (TPSA) is 141 Å². The molecule has 7 rings (SSSR count). The minimum atomic E-state index is -4.20. The van der Waals surface area contributed by atoms with E-state index in [1.807, 2.05) is 39.1 Å².